The molecule has 2 rings (SSSR count). The van der Waals surface area contributed by atoms with Crippen molar-refractivity contribution in [1.82, 2.24) is 4.57 Å². The lowest BCUT2D eigenvalue weighted by Gasteiger charge is -2.04. The molecule has 18 heavy (non-hydrogen) atoms. The van der Waals surface area contributed by atoms with Crippen LogP contribution in [0.1, 0.15) is 36.6 Å². The highest BCUT2D eigenvalue weighted by Gasteiger charge is 1.99. The number of aliphatic imine (C=N–C) groups is 1. The Balaban J connectivity index is 2.21. The van der Waals surface area contributed by atoms with Gasteiger partial charge in [0.05, 0.1) is 5.69 Å². The Kier molecular flexibility index (Phi) is 3.66. The monoisotopic (exact) mass is 240 g/mol. The van der Waals surface area contributed by atoms with Gasteiger partial charge in [-0.1, -0.05) is 12.1 Å². The minimum Gasteiger partial charge on any atom is -0.351 e. The van der Waals surface area contributed by atoms with E-state index in [0.29, 0.717) is 6.04 Å². The van der Waals surface area contributed by atoms with Gasteiger partial charge in [0, 0.05) is 30.2 Å². The summed E-state index contributed by atoms with van der Waals surface area (Å²) in [5, 5.41) is 0. The normalized spacial score (nSPS) is 11.6. The molecule has 0 aliphatic rings. The van der Waals surface area contributed by atoms with Crippen LogP contribution in [0.5, 0.6) is 0 Å². The van der Waals surface area contributed by atoms with E-state index in [2.05, 4.69) is 73.9 Å². The smallest absolute Gasteiger partial charge is 0.0661 e. The number of nitrogens with zero attached hydrogens (tertiary/aromatic N) is 2. The summed E-state index contributed by atoms with van der Waals surface area (Å²) < 4.78 is 2.18. The van der Waals surface area contributed by atoms with Crippen molar-refractivity contribution >= 4 is 11.9 Å². The fourth-order valence-electron chi connectivity index (χ4n) is 1.83. The quantitative estimate of drug-likeness (QED) is 0.706. The van der Waals surface area contributed by atoms with Crippen LogP contribution < -0.4 is 0 Å². The highest BCUT2D eigenvalue weighted by atomic mass is 15.0. The molecule has 0 aliphatic carbocycles. The molecule has 0 radical (unpaired) electrons. The summed E-state index contributed by atoms with van der Waals surface area (Å²) in [7, 11) is 0. The predicted molar refractivity (Wildman–Crippen MR) is 78.0 cm³/mol. The molecule has 94 valence electrons. The van der Waals surface area contributed by atoms with Crippen molar-refractivity contribution in [3.63, 3.8) is 0 Å². The van der Waals surface area contributed by atoms with Gasteiger partial charge in [-0.3, -0.25) is 4.99 Å². The fraction of sp³-hybridized carbons (Fsp3) is 0.312. The molecule has 1 aromatic carbocycles. The molecule has 0 amide bonds. The average molecular weight is 240 g/mol. The van der Waals surface area contributed by atoms with Crippen molar-refractivity contribution in [3.8, 4) is 0 Å². The minimum absolute atomic E-state index is 0.493. The highest BCUT2D eigenvalue weighted by Crippen LogP contribution is 2.19. The lowest BCUT2D eigenvalue weighted by Crippen LogP contribution is -1.95. The summed E-state index contributed by atoms with van der Waals surface area (Å²) in [6.45, 7) is 8.52. The first-order chi connectivity index (χ1) is 8.56. The molecular formula is C16H20N2. The summed E-state index contributed by atoms with van der Waals surface area (Å²) >= 11 is 0. The number of hydrogen-bond acceptors (Lipinski definition) is 1. The zero-order valence-electron chi connectivity index (χ0n) is 11.5. The van der Waals surface area contributed by atoms with Crippen molar-refractivity contribution < 1.29 is 0 Å². The fourth-order valence-corrected chi connectivity index (χ4v) is 1.83. The van der Waals surface area contributed by atoms with Crippen molar-refractivity contribution in [2.45, 2.75) is 33.7 Å². The third-order valence-electron chi connectivity index (χ3n) is 3.05. The molecule has 0 unspecified atom stereocenters. The van der Waals surface area contributed by atoms with E-state index in [4.69, 9.17) is 0 Å². The molecule has 2 aromatic rings. The lowest BCUT2D eigenvalue weighted by atomic mass is 10.1. The number of benzene rings is 1. The Morgan fingerprint density at radius 1 is 1.17 bits per heavy atom. The topological polar surface area (TPSA) is 17.3 Å². The maximum atomic E-state index is 4.57. The van der Waals surface area contributed by atoms with Gasteiger partial charge in [-0.25, -0.2) is 0 Å². The van der Waals surface area contributed by atoms with Crippen LogP contribution in [0.25, 0.3) is 0 Å². The lowest BCUT2D eigenvalue weighted by molar-refractivity contribution is 0.603. The second-order valence-electron chi connectivity index (χ2n) is 5.03. The van der Waals surface area contributed by atoms with E-state index in [1.807, 2.05) is 6.21 Å². The first-order valence-electron chi connectivity index (χ1n) is 6.35. The average Bonchev–Trinajstić information content (AvgIpc) is 2.79. The van der Waals surface area contributed by atoms with E-state index in [-0.39, 0.29) is 0 Å². The molecule has 0 aliphatic heterocycles. The van der Waals surface area contributed by atoms with Gasteiger partial charge < -0.3 is 4.57 Å². The Bertz CT molecular complexity index is 562. The largest absolute Gasteiger partial charge is 0.351 e. The zero-order valence-corrected chi connectivity index (χ0v) is 11.5. The third-order valence-corrected chi connectivity index (χ3v) is 3.05. The molecule has 2 nitrogen and oxygen atoms in total. The van der Waals surface area contributed by atoms with E-state index in [1.54, 1.807) is 0 Å². The van der Waals surface area contributed by atoms with Crippen LogP contribution in [0.15, 0.2) is 41.7 Å². The summed E-state index contributed by atoms with van der Waals surface area (Å²) in [5.41, 5.74) is 4.64. The van der Waals surface area contributed by atoms with Crippen molar-refractivity contribution in [2.75, 3.05) is 0 Å². The van der Waals surface area contributed by atoms with Crippen LogP contribution in [-0.2, 0) is 0 Å². The summed E-state index contributed by atoms with van der Waals surface area (Å²) in [6, 6.07) is 8.93. The van der Waals surface area contributed by atoms with Gasteiger partial charge in [0.1, 0.15) is 0 Å². The van der Waals surface area contributed by atoms with E-state index in [1.165, 1.54) is 11.1 Å². The maximum absolute atomic E-state index is 4.57. The second kappa shape index (κ2) is 5.21. The van der Waals surface area contributed by atoms with Crippen molar-refractivity contribution in [3.05, 3.63) is 53.3 Å². The van der Waals surface area contributed by atoms with Crippen molar-refractivity contribution in [2.24, 2.45) is 4.99 Å². The predicted octanol–water partition coefficient (Wildman–Crippen LogP) is 4.44. The van der Waals surface area contributed by atoms with Gasteiger partial charge in [0.2, 0.25) is 0 Å². The molecule has 0 atom stereocenters. The van der Waals surface area contributed by atoms with E-state index in [0.717, 1.165) is 11.3 Å². The Morgan fingerprint density at radius 2 is 1.94 bits per heavy atom. The number of hydrogen-bond donors (Lipinski definition) is 0. The van der Waals surface area contributed by atoms with Gasteiger partial charge in [-0.15, -0.1) is 0 Å². The molecule has 0 fully saturated rings. The summed E-state index contributed by atoms with van der Waals surface area (Å²) in [6.07, 6.45) is 6.15. The van der Waals surface area contributed by atoms with Gasteiger partial charge in [-0.05, 0) is 51.0 Å². The maximum Gasteiger partial charge on any atom is 0.0661 e. The van der Waals surface area contributed by atoms with Crippen LogP contribution >= 0.6 is 0 Å². The summed E-state index contributed by atoms with van der Waals surface area (Å²) in [4.78, 5) is 4.57. The molecule has 0 spiro atoms. The second-order valence-corrected chi connectivity index (χ2v) is 5.03. The number of aromatic nitrogens is 1. The molecule has 0 saturated carbocycles. The molecular weight excluding hydrogens is 220 g/mol. The number of aryl methyl sites for hydroxylation is 2. The minimum atomic E-state index is 0.493. The molecule has 0 N–H and O–H groups in total. The Hall–Kier alpha value is -1.83. The van der Waals surface area contributed by atoms with Crippen molar-refractivity contribution in [1.29, 1.82) is 0 Å². The molecule has 0 saturated heterocycles. The number of rotatable bonds is 3. The van der Waals surface area contributed by atoms with Gasteiger partial charge in [-0.2, -0.15) is 0 Å². The standard InChI is InChI=1S/C16H20N2/c1-12(2)18-8-7-15(11-18)10-17-16-9-13(3)5-6-14(16)4/h5-12H,1-4H3. The van der Waals surface area contributed by atoms with E-state index in [9.17, 15) is 0 Å². The molecule has 1 heterocycles. The molecule has 2 heteroatoms. The first-order valence-corrected chi connectivity index (χ1v) is 6.35. The zero-order chi connectivity index (χ0) is 13.1. The van der Waals surface area contributed by atoms with Gasteiger partial charge in [0.15, 0.2) is 0 Å². The van der Waals surface area contributed by atoms with Gasteiger partial charge >= 0.3 is 0 Å². The Labute approximate surface area is 109 Å². The van der Waals surface area contributed by atoms with Crippen LogP contribution in [-0.4, -0.2) is 10.8 Å². The first kappa shape index (κ1) is 12.6. The summed E-state index contributed by atoms with van der Waals surface area (Å²) in [5.74, 6) is 0. The van der Waals surface area contributed by atoms with Crippen LogP contribution in [0, 0.1) is 13.8 Å². The van der Waals surface area contributed by atoms with Crippen LogP contribution in [0.3, 0.4) is 0 Å². The molecule has 0 bridgehead atoms. The van der Waals surface area contributed by atoms with E-state index < -0.39 is 0 Å². The highest BCUT2D eigenvalue weighted by molar-refractivity contribution is 5.82. The van der Waals surface area contributed by atoms with Crippen LogP contribution in [0.4, 0.5) is 5.69 Å². The van der Waals surface area contributed by atoms with Gasteiger partial charge in [0.25, 0.3) is 0 Å². The van der Waals surface area contributed by atoms with E-state index >= 15 is 0 Å². The molecule has 1 aromatic heterocycles. The van der Waals surface area contributed by atoms with Crippen LogP contribution in [0.2, 0.25) is 0 Å². The Morgan fingerprint density at radius 3 is 2.61 bits per heavy atom. The SMILES string of the molecule is Cc1ccc(C)c(N=Cc2ccn(C(C)C)c2)c1. The third kappa shape index (κ3) is 2.89.